The average molecular weight is 342 g/mol. The summed E-state index contributed by atoms with van der Waals surface area (Å²) in [6, 6.07) is 5.73. The molecule has 5 atom stereocenters. The minimum absolute atomic E-state index is 0.0212. The molecule has 0 spiro atoms. The van der Waals surface area contributed by atoms with Crippen molar-refractivity contribution in [3.05, 3.63) is 48.1 Å². The monoisotopic (exact) mass is 342 g/mol. The maximum Gasteiger partial charge on any atom is 0.231 e. The predicted molar refractivity (Wildman–Crippen MR) is 91.6 cm³/mol. The van der Waals surface area contributed by atoms with Gasteiger partial charge in [0.05, 0.1) is 12.0 Å². The van der Waals surface area contributed by atoms with Gasteiger partial charge in [0.1, 0.15) is 5.60 Å². The van der Waals surface area contributed by atoms with E-state index in [0.29, 0.717) is 23.5 Å². The number of ether oxygens (including phenoxy) is 3. The fourth-order valence-electron chi connectivity index (χ4n) is 4.72. The normalized spacial score (nSPS) is 35.6. The zero-order valence-electron chi connectivity index (χ0n) is 14.4. The lowest BCUT2D eigenvalue weighted by Crippen LogP contribution is -2.48. The molecule has 3 aliphatic rings. The number of aliphatic hydroxyl groups excluding tert-OH is 1. The Kier molecular flexibility index (Phi) is 3.74. The fourth-order valence-corrected chi connectivity index (χ4v) is 4.72. The van der Waals surface area contributed by atoms with E-state index in [1.54, 1.807) is 13.2 Å². The number of allylic oxidation sites excluding steroid dienone is 2. The molecule has 2 bridgehead atoms. The minimum atomic E-state index is -0.871. The van der Waals surface area contributed by atoms with Crippen LogP contribution >= 0.6 is 0 Å². The van der Waals surface area contributed by atoms with E-state index in [1.165, 1.54) is 0 Å². The lowest BCUT2D eigenvalue weighted by molar-refractivity contribution is -0.130. The molecule has 132 valence electrons. The van der Waals surface area contributed by atoms with Crippen LogP contribution in [-0.2, 0) is 9.53 Å². The molecule has 0 aromatic heterocycles. The zero-order valence-corrected chi connectivity index (χ0v) is 14.4. The van der Waals surface area contributed by atoms with E-state index in [4.69, 9.17) is 14.2 Å². The SMILES string of the molecule is C=CCC1=C[C@@]2(OC)[C@H](O)[C@H](C1=O)[C@H](c1ccc3c(c1)OCO3)[C@@H]2C. The van der Waals surface area contributed by atoms with Crippen LogP contribution in [0, 0.1) is 11.8 Å². The van der Waals surface area contributed by atoms with Crippen molar-refractivity contribution in [2.75, 3.05) is 13.9 Å². The highest BCUT2D eigenvalue weighted by Gasteiger charge is 2.63. The van der Waals surface area contributed by atoms with E-state index >= 15 is 0 Å². The van der Waals surface area contributed by atoms with Gasteiger partial charge in [-0.3, -0.25) is 4.79 Å². The number of benzene rings is 1. The molecular weight excluding hydrogens is 320 g/mol. The van der Waals surface area contributed by atoms with Crippen LogP contribution in [0.5, 0.6) is 11.5 Å². The van der Waals surface area contributed by atoms with Gasteiger partial charge in [0.25, 0.3) is 0 Å². The van der Waals surface area contributed by atoms with Crippen molar-refractivity contribution in [3.8, 4) is 11.5 Å². The number of carbonyl (C=O) groups is 1. The van der Waals surface area contributed by atoms with Crippen LogP contribution in [0.4, 0.5) is 0 Å². The summed E-state index contributed by atoms with van der Waals surface area (Å²) in [5.74, 6) is 0.608. The van der Waals surface area contributed by atoms with Crippen molar-refractivity contribution >= 4 is 5.78 Å². The summed E-state index contributed by atoms with van der Waals surface area (Å²) in [6.07, 6.45) is 3.14. The Labute approximate surface area is 146 Å². The van der Waals surface area contributed by atoms with Crippen LogP contribution in [0.1, 0.15) is 24.8 Å². The number of aliphatic hydroxyl groups is 1. The molecular formula is C20H22O5. The Hall–Kier alpha value is -2.11. The highest BCUT2D eigenvalue weighted by molar-refractivity contribution is 6.00. The number of methoxy groups -OCH3 is 1. The molecule has 5 nitrogen and oxygen atoms in total. The third-order valence-electron chi connectivity index (χ3n) is 5.96. The Morgan fingerprint density at radius 2 is 2.12 bits per heavy atom. The summed E-state index contributed by atoms with van der Waals surface area (Å²) >= 11 is 0. The summed E-state index contributed by atoms with van der Waals surface area (Å²) in [4.78, 5) is 13.0. The highest BCUT2D eigenvalue weighted by Crippen LogP contribution is 2.56. The number of fused-ring (bicyclic) bond motifs is 3. The molecule has 4 rings (SSSR count). The lowest BCUT2D eigenvalue weighted by Gasteiger charge is -2.36. The Bertz CT molecular complexity index is 767. The zero-order chi connectivity index (χ0) is 17.8. The maximum absolute atomic E-state index is 13.0. The topological polar surface area (TPSA) is 65.0 Å². The highest BCUT2D eigenvalue weighted by atomic mass is 16.7. The van der Waals surface area contributed by atoms with Crippen LogP contribution in [0.2, 0.25) is 0 Å². The molecule has 0 amide bonds. The Morgan fingerprint density at radius 3 is 2.84 bits per heavy atom. The molecule has 0 saturated heterocycles. The second kappa shape index (κ2) is 5.71. The Morgan fingerprint density at radius 1 is 1.36 bits per heavy atom. The predicted octanol–water partition coefficient (Wildman–Crippen LogP) is 2.60. The first-order valence-electron chi connectivity index (χ1n) is 8.53. The molecule has 2 aliphatic carbocycles. The van der Waals surface area contributed by atoms with Gasteiger partial charge >= 0.3 is 0 Å². The third kappa shape index (κ3) is 2.12. The number of carbonyl (C=O) groups excluding carboxylic acids is 1. The smallest absolute Gasteiger partial charge is 0.231 e. The quantitative estimate of drug-likeness (QED) is 0.852. The number of hydrogen-bond donors (Lipinski definition) is 1. The van der Waals surface area contributed by atoms with Gasteiger partial charge in [-0.05, 0) is 41.7 Å². The molecule has 1 saturated carbocycles. The van der Waals surface area contributed by atoms with E-state index in [2.05, 4.69) is 6.58 Å². The van der Waals surface area contributed by atoms with Crippen molar-refractivity contribution < 1.29 is 24.1 Å². The van der Waals surface area contributed by atoms with Gasteiger partial charge < -0.3 is 19.3 Å². The van der Waals surface area contributed by atoms with Gasteiger partial charge in [0.15, 0.2) is 17.3 Å². The first-order chi connectivity index (χ1) is 12.0. The van der Waals surface area contributed by atoms with Crippen molar-refractivity contribution in [2.45, 2.75) is 31.0 Å². The number of ketones is 1. The van der Waals surface area contributed by atoms with Crippen molar-refractivity contribution in [2.24, 2.45) is 11.8 Å². The summed E-state index contributed by atoms with van der Waals surface area (Å²) < 4.78 is 16.7. The molecule has 1 N–H and O–H groups in total. The maximum atomic E-state index is 13.0. The molecule has 5 heteroatoms. The number of Topliss-reactive ketones (excluding diaryl/α,β-unsaturated/α-hetero) is 1. The van der Waals surface area contributed by atoms with Gasteiger partial charge in [-0.25, -0.2) is 0 Å². The van der Waals surface area contributed by atoms with Gasteiger partial charge in [-0.2, -0.15) is 0 Å². The van der Waals surface area contributed by atoms with E-state index in [1.807, 2.05) is 31.2 Å². The molecule has 1 aromatic rings. The van der Waals surface area contributed by atoms with Gasteiger partial charge in [-0.1, -0.05) is 19.1 Å². The summed E-state index contributed by atoms with van der Waals surface area (Å²) in [5.41, 5.74) is 0.765. The molecule has 1 heterocycles. The van der Waals surface area contributed by atoms with Crippen LogP contribution in [0.25, 0.3) is 0 Å². The molecule has 1 aliphatic heterocycles. The molecule has 25 heavy (non-hydrogen) atoms. The number of rotatable bonds is 4. The van der Waals surface area contributed by atoms with Crippen LogP contribution in [-0.4, -0.2) is 36.5 Å². The minimum Gasteiger partial charge on any atom is -0.454 e. The molecule has 1 fully saturated rings. The summed E-state index contributed by atoms with van der Waals surface area (Å²) in [7, 11) is 1.59. The van der Waals surface area contributed by atoms with Gasteiger partial charge in [-0.15, -0.1) is 6.58 Å². The van der Waals surface area contributed by atoms with E-state index < -0.39 is 17.6 Å². The average Bonchev–Trinajstić information content (AvgIpc) is 3.13. The van der Waals surface area contributed by atoms with E-state index in [0.717, 1.165) is 5.56 Å². The van der Waals surface area contributed by atoms with Crippen LogP contribution < -0.4 is 9.47 Å². The van der Waals surface area contributed by atoms with Gasteiger partial charge in [0.2, 0.25) is 6.79 Å². The van der Waals surface area contributed by atoms with Crippen molar-refractivity contribution in [1.29, 1.82) is 0 Å². The number of hydrogen-bond acceptors (Lipinski definition) is 5. The molecule has 0 unspecified atom stereocenters. The third-order valence-corrected chi connectivity index (χ3v) is 5.96. The largest absolute Gasteiger partial charge is 0.454 e. The summed E-state index contributed by atoms with van der Waals surface area (Å²) in [5, 5.41) is 10.9. The van der Waals surface area contributed by atoms with Crippen LogP contribution in [0.15, 0.2) is 42.5 Å². The Balaban J connectivity index is 1.81. The van der Waals surface area contributed by atoms with E-state index in [9.17, 15) is 9.90 Å². The lowest BCUT2D eigenvalue weighted by atomic mass is 9.79. The molecule has 0 radical (unpaired) electrons. The first kappa shape index (κ1) is 16.4. The van der Waals surface area contributed by atoms with E-state index in [-0.39, 0.29) is 24.4 Å². The van der Waals surface area contributed by atoms with Gasteiger partial charge in [0, 0.05) is 13.0 Å². The van der Waals surface area contributed by atoms with Crippen LogP contribution in [0.3, 0.4) is 0 Å². The second-order valence-electron chi connectivity index (χ2n) is 6.98. The van der Waals surface area contributed by atoms with Crippen molar-refractivity contribution in [3.63, 3.8) is 0 Å². The van der Waals surface area contributed by atoms with Crippen molar-refractivity contribution in [1.82, 2.24) is 0 Å². The standard InChI is InChI=1S/C20H22O5/c1-4-5-13-9-20(23-3)11(2)16(17(18(13)21)19(20)22)12-6-7-14-15(8-12)25-10-24-14/h4,6-9,11,16-17,19,22H,1,5,10H2,2-3H3/t11-,16-,17-,19+,20-/m0/s1. The fraction of sp³-hybridized carbons (Fsp3) is 0.450. The second-order valence-corrected chi connectivity index (χ2v) is 6.98. The first-order valence-corrected chi connectivity index (χ1v) is 8.53. The molecule has 1 aromatic carbocycles. The summed E-state index contributed by atoms with van der Waals surface area (Å²) in [6.45, 7) is 5.97.